The lowest BCUT2D eigenvalue weighted by Gasteiger charge is -2.24. The molecule has 0 aliphatic rings. The average Bonchev–Trinajstić information content (AvgIpc) is 3.31. The van der Waals surface area contributed by atoms with E-state index in [4.69, 9.17) is 4.42 Å². The quantitative estimate of drug-likeness (QED) is 0.592. The number of furan rings is 1. The molecule has 0 saturated carbocycles. The van der Waals surface area contributed by atoms with Crippen LogP contribution in [0.25, 0.3) is 11.6 Å². The summed E-state index contributed by atoms with van der Waals surface area (Å²) in [5.41, 5.74) is 0.956. The molecule has 1 amide bonds. The Morgan fingerprint density at radius 2 is 1.88 bits per heavy atom. The number of benzene rings is 1. The molecule has 0 aliphatic carbocycles. The zero-order valence-electron chi connectivity index (χ0n) is 15.1. The van der Waals surface area contributed by atoms with Gasteiger partial charge < -0.3 is 13.9 Å². The maximum atomic E-state index is 13.1. The van der Waals surface area contributed by atoms with E-state index in [2.05, 4.69) is 10.2 Å². The third-order valence-corrected chi connectivity index (χ3v) is 5.48. The smallest absolute Gasteiger partial charge is 0.240 e. The Hall–Kier alpha value is -2.54. The Morgan fingerprint density at radius 3 is 2.50 bits per heavy atom. The molecule has 26 heavy (non-hydrogen) atoms. The van der Waals surface area contributed by atoms with Gasteiger partial charge in [-0.1, -0.05) is 42.1 Å². The molecule has 136 valence electrons. The van der Waals surface area contributed by atoms with E-state index >= 15 is 0 Å². The van der Waals surface area contributed by atoms with E-state index < -0.39 is 0 Å². The van der Waals surface area contributed by atoms with Crippen LogP contribution in [0, 0.1) is 0 Å². The second-order valence-electron chi connectivity index (χ2n) is 5.76. The molecule has 1 aromatic carbocycles. The molecule has 0 spiro atoms. The highest BCUT2D eigenvalue weighted by Crippen LogP contribution is 2.36. The highest BCUT2D eigenvalue weighted by molar-refractivity contribution is 8.00. The van der Waals surface area contributed by atoms with Gasteiger partial charge in [-0.15, -0.1) is 10.2 Å². The molecule has 2 heterocycles. The van der Waals surface area contributed by atoms with Crippen LogP contribution in [0.15, 0.2) is 58.3 Å². The van der Waals surface area contributed by atoms with E-state index in [-0.39, 0.29) is 11.2 Å². The molecule has 0 aliphatic heterocycles. The first kappa shape index (κ1) is 18.3. The number of hydrogen-bond donors (Lipinski definition) is 0. The first-order valence-corrected chi connectivity index (χ1v) is 9.47. The van der Waals surface area contributed by atoms with Crippen LogP contribution in [0.2, 0.25) is 0 Å². The SMILES string of the molecule is CCN(CC)C(=O)[C@H](Sc1nnc(-c2ccco2)n1C)c1ccccc1. The number of rotatable bonds is 7. The summed E-state index contributed by atoms with van der Waals surface area (Å²) in [6.07, 6.45) is 1.60. The van der Waals surface area contributed by atoms with Crippen LogP contribution in [-0.2, 0) is 11.8 Å². The van der Waals surface area contributed by atoms with Gasteiger partial charge in [0.15, 0.2) is 16.7 Å². The number of aromatic nitrogens is 3. The van der Waals surface area contributed by atoms with Crippen molar-refractivity contribution in [3.8, 4) is 11.6 Å². The molecule has 3 rings (SSSR count). The maximum Gasteiger partial charge on any atom is 0.240 e. The topological polar surface area (TPSA) is 64.2 Å². The Morgan fingerprint density at radius 1 is 1.15 bits per heavy atom. The standard InChI is InChI=1S/C19H22N4O2S/c1-4-23(5-2)18(24)16(14-10-7-6-8-11-14)26-19-21-20-17(22(19)3)15-12-9-13-25-15/h6-13,16H,4-5H2,1-3H3/t16-/m1/s1. The van der Waals surface area contributed by atoms with Crippen LogP contribution in [-0.4, -0.2) is 38.7 Å². The number of thioether (sulfide) groups is 1. The van der Waals surface area contributed by atoms with E-state index in [1.54, 1.807) is 6.26 Å². The summed E-state index contributed by atoms with van der Waals surface area (Å²) in [6.45, 7) is 5.34. The zero-order chi connectivity index (χ0) is 18.5. The fraction of sp³-hybridized carbons (Fsp3) is 0.316. The summed E-state index contributed by atoms with van der Waals surface area (Å²) >= 11 is 1.41. The van der Waals surface area contributed by atoms with Gasteiger partial charge in [0.2, 0.25) is 5.91 Å². The van der Waals surface area contributed by atoms with Gasteiger partial charge in [-0.3, -0.25) is 4.79 Å². The van der Waals surface area contributed by atoms with Crippen LogP contribution in [0.5, 0.6) is 0 Å². The second kappa shape index (κ2) is 8.23. The molecule has 0 saturated heterocycles. The number of carbonyl (C=O) groups is 1. The Bertz CT molecular complexity index is 842. The molecule has 6 nitrogen and oxygen atoms in total. The van der Waals surface area contributed by atoms with Gasteiger partial charge in [-0.2, -0.15) is 0 Å². The van der Waals surface area contributed by atoms with Crippen molar-refractivity contribution in [2.75, 3.05) is 13.1 Å². The van der Waals surface area contributed by atoms with E-state index in [9.17, 15) is 4.79 Å². The van der Waals surface area contributed by atoms with Crippen molar-refractivity contribution in [2.45, 2.75) is 24.3 Å². The fourth-order valence-electron chi connectivity index (χ4n) is 2.73. The number of likely N-dealkylation sites (N-methyl/N-ethyl adjacent to an activating group) is 1. The number of nitrogens with zero attached hydrogens (tertiary/aromatic N) is 4. The highest BCUT2D eigenvalue weighted by Gasteiger charge is 2.28. The van der Waals surface area contributed by atoms with Crippen molar-refractivity contribution >= 4 is 17.7 Å². The zero-order valence-corrected chi connectivity index (χ0v) is 15.9. The summed E-state index contributed by atoms with van der Waals surface area (Å²) in [7, 11) is 1.88. The Balaban J connectivity index is 1.93. The lowest BCUT2D eigenvalue weighted by atomic mass is 10.1. The molecule has 0 fully saturated rings. The minimum atomic E-state index is -0.372. The van der Waals surface area contributed by atoms with E-state index in [1.165, 1.54) is 11.8 Å². The Kier molecular flexibility index (Phi) is 5.78. The lowest BCUT2D eigenvalue weighted by molar-refractivity contribution is -0.130. The molecule has 3 aromatic rings. The van der Waals surface area contributed by atoms with Gasteiger partial charge in [-0.25, -0.2) is 0 Å². The van der Waals surface area contributed by atoms with Crippen molar-refractivity contribution < 1.29 is 9.21 Å². The van der Waals surface area contributed by atoms with Crippen LogP contribution >= 0.6 is 11.8 Å². The summed E-state index contributed by atoms with van der Waals surface area (Å²) < 4.78 is 7.27. The van der Waals surface area contributed by atoms with Crippen molar-refractivity contribution in [3.05, 3.63) is 54.3 Å². The first-order chi connectivity index (χ1) is 12.7. The van der Waals surface area contributed by atoms with Crippen molar-refractivity contribution in [1.29, 1.82) is 0 Å². The number of amides is 1. The van der Waals surface area contributed by atoms with E-state index in [0.29, 0.717) is 29.8 Å². The number of carbonyl (C=O) groups excluding carboxylic acids is 1. The fourth-order valence-corrected chi connectivity index (χ4v) is 3.82. The molecule has 7 heteroatoms. The van der Waals surface area contributed by atoms with E-state index in [1.807, 2.05) is 72.8 Å². The lowest BCUT2D eigenvalue weighted by Crippen LogP contribution is -2.34. The van der Waals surface area contributed by atoms with Crippen LogP contribution < -0.4 is 0 Å². The van der Waals surface area contributed by atoms with Crippen molar-refractivity contribution in [1.82, 2.24) is 19.7 Å². The van der Waals surface area contributed by atoms with Crippen LogP contribution in [0.4, 0.5) is 0 Å². The molecule has 0 N–H and O–H groups in total. The molecule has 0 radical (unpaired) electrons. The normalized spacial score (nSPS) is 12.1. The van der Waals surface area contributed by atoms with Gasteiger partial charge in [0, 0.05) is 20.1 Å². The van der Waals surface area contributed by atoms with Gasteiger partial charge in [0.1, 0.15) is 5.25 Å². The summed E-state index contributed by atoms with van der Waals surface area (Å²) in [5.74, 6) is 1.37. The summed E-state index contributed by atoms with van der Waals surface area (Å²) in [4.78, 5) is 14.9. The predicted molar refractivity (Wildman–Crippen MR) is 102 cm³/mol. The molecule has 0 bridgehead atoms. The summed E-state index contributed by atoms with van der Waals surface area (Å²) in [6, 6.07) is 13.4. The Labute approximate surface area is 157 Å². The van der Waals surface area contributed by atoms with Gasteiger partial charge in [-0.05, 0) is 31.5 Å². The van der Waals surface area contributed by atoms with Crippen molar-refractivity contribution in [2.24, 2.45) is 7.05 Å². The summed E-state index contributed by atoms with van der Waals surface area (Å²) in [5, 5.41) is 8.80. The largest absolute Gasteiger partial charge is 0.461 e. The highest BCUT2D eigenvalue weighted by atomic mass is 32.2. The molecular weight excluding hydrogens is 348 g/mol. The van der Waals surface area contributed by atoms with Crippen molar-refractivity contribution in [3.63, 3.8) is 0 Å². The average molecular weight is 370 g/mol. The van der Waals surface area contributed by atoms with Gasteiger partial charge in [0.05, 0.1) is 6.26 Å². The minimum Gasteiger partial charge on any atom is -0.461 e. The van der Waals surface area contributed by atoms with Gasteiger partial charge in [0.25, 0.3) is 0 Å². The molecular formula is C19H22N4O2S. The predicted octanol–water partition coefficient (Wildman–Crippen LogP) is 3.78. The van der Waals surface area contributed by atoms with Crippen LogP contribution in [0.3, 0.4) is 0 Å². The monoisotopic (exact) mass is 370 g/mol. The van der Waals surface area contributed by atoms with Crippen LogP contribution in [0.1, 0.15) is 24.7 Å². The maximum absolute atomic E-state index is 13.1. The van der Waals surface area contributed by atoms with Gasteiger partial charge >= 0.3 is 0 Å². The minimum absolute atomic E-state index is 0.0775. The first-order valence-electron chi connectivity index (χ1n) is 8.59. The molecule has 1 atom stereocenters. The molecule has 2 aromatic heterocycles. The third kappa shape index (κ3) is 3.67. The second-order valence-corrected chi connectivity index (χ2v) is 6.83. The number of hydrogen-bond acceptors (Lipinski definition) is 5. The van der Waals surface area contributed by atoms with E-state index in [0.717, 1.165) is 5.56 Å². The third-order valence-electron chi connectivity index (χ3n) is 4.20. The molecule has 0 unspecified atom stereocenters.